The molecule has 18 heavy (non-hydrogen) atoms. The van der Waals surface area contributed by atoms with E-state index < -0.39 is 0 Å². The average Bonchev–Trinajstić information content (AvgIpc) is 2.35. The second kappa shape index (κ2) is 6.30. The lowest BCUT2D eigenvalue weighted by Crippen LogP contribution is -2.35. The molecule has 0 saturated carbocycles. The van der Waals surface area contributed by atoms with Gasteiger partial charge in [-0.05, 0) is 62.4 Å². The fourth-order valence-corrected chi connectivity index (χ4v) is 2.76. The molecule has 1 aromatic carbocycles. The van der Waals surface area contributed by atoms with Gasteiger partial charge in [0.25, 0.3) is 0 Å². The van der Waals surface area contributed by atoms with Crippen molar-refractivity contribution < 1.29 is 4.39 Å². The maximum absolute atomic E-state index is 13.5. The first kappa shape index (κ1) is 13.5. The molecule has 1 saturated heterocycles. The minimum absolute atomic E-state index is 0.0944. The van der Waals surface area contributed by atoms with Crippen LogP contribution in [0.4, 0.5) is 4.39 Å². The summed E-state index contributed by atoms with van der Waals surface area (Å²) in [5, 5.41) is 0. The highest BCUT2D eigenvalue weighted by molar-refractivity contribution is 5.23. The van der Waals surface area contributed by atoms with Gasteiger partial charge in [-0.3, -0.25) is 4.90 Å². The van der Waals surface area contributed by atoms with Gasteiger partial charge < -0.3 is 5.73 Å². The Hall–Kier alpha value is -0.930. The molecule has 1 heterocycles. The SMILES string of the molecule is Cc1ccc(CN2CCCC(CCN)C2)cc1F. The molecule has 0 aliphatic carbocycles. The van der Waals surface area contributed by atoms with Gasteiger partial charge in [0, 0.05) is 13.1 Å². The Balaban J connectivity index is 1.93. The van der Waals surface area contributed by atoms with E-state index in [-0.39, 0.29) is 5.82 Å². The molecule has 3 heteroatoms. The van der Waals surface area contributed by atoms with Crippen molar-refractivity contribution in [3.05, 3.63) is 35.1 Å². The summed E-state index contributed by atoms with van der Waals surface area (Å²) in [4.78, 5) is 2.42. The summed E-state index contributed by atoms with van der Waals surface area (Å²) >= 11 is 0. The van der Waals surface area contributed by atoms with Gasteiger partial charge in [-0.1, -0.05) is 12.1 Å². The molecule has 0 aromatic heterocycles. The van der Waals surface area contributed by atoms with Crippen molar-refractivity contribution in [2.45, 2.75) is 32.7 Å². The predicted molar refractivity (Wildman–Crippen MR) is 72.8 cm³/mol. The molecule has 1 aliphatic rings. The number of halogens is 1. The fourth-order valence-electron chi connectivity index (χ4n) is 2.76. The number of rotatable bonds is 4. The first-order chi connectivity index (χ1) is 8.69. The van der Waals surface area contributed by atoms with E-state index in [4.69, 9.17) is 5.73 Å². The van der Waals surface area contributed by atoms with Gasteiger partial charge in [-0.25, -0.2) is 4.39 Å². The molecule has 0 spiro atoms. The number of likely N-dealkylation sites (tertiary alicyclic amines) is 1. The van der Waals surface area contributed by atoms with Crippen LogP contribution in [0.25, 0.3) is 0 Å². The molecular formula is C15H23FN2. The number of nitrogens with two attached hydrogens (primary N) is 1. The van der Waals surface area contributed by atoms with E-state index >= 15 is 0 Å². The van der Waals surface area contributed by atoms with Crippen LogP contribution in [-0.4, -0.2) is 24.5 Å². The second-order valence-corrected chi connectivity index (χ2v) is 5.40. The normalized spacial score (nSPS) is 21.2. The Morgan fingerprint density at radius 2 is 2.28 bits per heavy atom. The molecule has 0 radical (unpaired) electrons. The number of hydrogen-bond donors (Lipinski definition) is 1. The number of benzene rings is 1. The largest absolute Gasteiger partial charge is 0.330 e. The molecule has 1 unspecified atom stereocenters. The maximum atomic E-state index is 13.5. The van der Waals surface area contributed by atoms with Crippen molar-refractivity contribution in [2.75, 3.05) is 19.6 Å². The molecule has 0 amide bonds. The van der Waals surface area contributed by atoms with E-state index in [1.807, 2.05) is 12.1 Å². The Labute approximate surface area is 109 Å². The van der Waals surface area contributed by atoms with Gasteiger partial charge in [-0.15, -0.1) is 0 Å². The van der Waals surface area contributed by atoms with E-state index in [0.29, 0.717) is 0 Å². The van der Waals surface area contributed by atoms with Gasteiger partial charge in [0.05, 0.1) is 0 Å². The van der Waals surface area contributed by atoms with Crippen LogP contribution in [0.1, 0.15) is 30.4 Å². The molecular weight excluding hydrogens is 227 g/mol. The predicted octanol–water partition coefficient (Wildman–Crippen LogP) is 2.69. The van der Waals surface area contributed by atoms with E-state index in [0.717, 1.165) is 49.6 Å². The zero-order valence-electron chi connectivity index (χ0n) is 11.2. The summed E-state index contributed by atoms with van der Waals surface area (Å²) in [6.45, 7) is 5.66. The van der Waals surface area contributed by atoms with Crippen LogP contribution in [0.2, 0.25) is 0 Å². The number of piperidine rings is 1. The fraction of sp³-hybridized carbons (Fsp3) is 0.600. The average molecular weight is 250 g/mol. The van der Waals surface area contributed by atoms with Crippen molar-refractivity contribution in [2.24, 2.45) is 11.7 Å². The Bertz CT molecular complexity index is 390. The quantitative estimate of drug-likeness (QED) is 0.890. The van der Waals surface area contributed by atoms with Crippen molar-refractivity contribution in [1.29, 1.82) is 0 Å². The third-order valence-electron chi connectivity index (χ3n) is 3.82. The molecule has 100 valence electrons. The minimum atomic E-state index is -0.0944. The molecule has 2 nitrogen and oxygen atoms in total. The zero-order chi connectivity index (χ0) is 13.0. The van der Waals surface area contributed by atoms with Crippen LogP contribution in [0.5, 0.6) is 0 Å². The number of aryl methyl sites for hydroxylation is 1. The summed E-state index contributed by atoms with van der Waals surface area (Å²) in [6, 6.07) is 5.57. The van der Waals surface area contributed by atoms with E-state index in [1.165, 1.54) is 12.8 Å². The standard InChI is InChI=1S/C15H23FN2/c1-12-4-5-14(9-15(12)16)11-18-8-2-3-13(10-18)6-7-17/h4-5,9,13H,2-3,6-8,10-11,17H2,1H3. The minimum Gasteiger partial charge on any atom is -0.330 e. The summed E-state index contributed by atoms with van der Waals surface area (Å²) in [5.74, 6) is 0.627. The van der Waals surface area contributed by atoms with Crippen LogP contribution < -0.4 is 5.73 Å². The van der Waals surface area contributed by atoms with Crippen molar-refractivity contribution in [1.82, 2.24) is 4.90 Å². The highest BCUT2D eigenvalue weighted by Gasteiger charge is 2.19. The highest BCUT2D eigenvalue weighted by Crippen LogP contribution is 2.21. The summed E-state index contributed by atoms with van der Waals surface area (Å²) in [6.07, 6.45) is 3.63. The molecule has 1 atom stereocenters. The Kier molecular flexibility index (Phi) is 4.72. The smallest absolute Gasteiger partial charge is 0.126 e. The highest BCUT2D eigenvalue weighted by atomic mass is 19.1. The van der Waals surface area contributed by atoms with Crippen LogP contribution in [-0.2, 0) is 6.54 Å². The first-order valence-electron chi connectivity index (χ1n) is 6.86. The third-order valence-corrected chi connectivity index (χ3v) is 3.82. The molecule has 2 N–H and O–H groups in total. The molecule has 0 bridgehead atoms. The first-order valence-corrected chi connectivity index (χ1v) is 6.86. The lowest BCUT2D eigenvalue weighted by Gasteiger charge is -2.32. The Morgan fingerprint density at radius 3 is 3.00 bits per heavy atom. The molecule has 2 rings (SSSR count). The number of nitrogens with zero attached hydrogens (tertiary/aromatic N) is 1. The lowest BCUT2D eigenvalue weighted by atomic mass is 9.94. The molecule has 1 fully saturated rings. The summed E-state index contributed by atoms with van der Waals surface area (Å²) < 4.78 is 13.5. The zero-order valence-corrected chi connectivity index (χ0v) is 11.2. The summed E-state index contributed by atoms with van der Waals surface area (Å²) in [5.41, 5.74) is 7.42. The van der Waals surface area contributed by atoms with Gasteiger partial charge in [0.1, 0.15) is 5.82 Å². The van der Waals surface area contributed by atoms with Crippen LogP contribution in [0.15, 0.2) is 18.2 Å². The third kappa shape index (κ3) is 3.53. The van der Waals surface area contributed by atoms with E-state index in [1.54, 1.807) is 13.0 Å². The molecule has 1 aliphatic heterocycles. The van der Waals surface area contributed by atoms with Crippen LogP contribution in [0.3, 0.4) is 0 Å². The summed E-state index contributed by atoms with van der Waals surface area (Å²) in [7, 11) is 0. The van der Waals surface area contributed by atoms with Gasteiger partial charge in [0.15, 0.2) is 0 Å². The van der Waals surface area contributed by atoms with Crippen molar-refractivity contribution in [3.8, 4) is 0 Å². The van der Waals surface area contributed by atoms with E-state index in [2.05, 4.69) is 4.90 Å². The van der Waals surface area contributed by atoms with E-state index in [9.17, 15) is 4.39 Å². The topological polar surface area (TPSA) is 29.3 Å². The van der Waals surface area contributed by atoms with Crippen molar-refractivity contribution in [3.63, 3.8) is 0 Å². The molecule has 1 aromatic rings. The van der Waals surface area contributed by atoms with Crippen molar-refractivity contribution >= 4 is 0 Å². The maximum Gasteiger partial charge on any atom is 0.126 e. The monoisotopic (exact) mass is 250 g/mol. The van der Waals surface area contributed by atoms with Crippen LogP contribution >= 0.6 is 0 Å². The lowest BCUT2D eigenvalue weighted by molar-refractivity contribution is 0.163. The number of hydrogen-bond acceptors (Lipinski definition) is 2. The van der Waals surface area contributed by atoms with Crippen LogP contribution in [0, 0.1) is 18.7 Å². The Morgan fingerprint density at radius 1 is 1.44 bits per heavy atom. The van der Waals surface area contributed by atoms with Gasteiger partial charge in [-0.2, -0.15) is 0 Å². The second-order valence-electron chi connectivity index (χ2n) is 5.40. The van der Waals surface area contributed by atoms with Gasteiger partial charge >= 0.3 is 0 Å². The van der Waals surface area contributed by atoms with Gasteiger partial charge in [0.2, 0.25) is 0 Å².